The van der Waals surface area contributed by atoms with Crippen LogP contribution in [0.5, 0.6) is 0 Å². The lowest BCUT2D eigenvalue weighted by molar-refractivity contribution is -0.119. The van der Waals surface area contributed by atoms with Crippen molar-refractivity contribution in [2.45, 2.75) is 37.8 Å². The fourth-order valence-corrected chi connectivity index (χ4v) is 5.46. The van der Waals surface area contributed by atoms with E-state index < -0.39 is 10.0 Å². The van der Waals surface area contributed by atoms with Crippen LogP contribution in [-0.2, 0) is 20.6 Å². The van der Waals surface area contributed by atoms with Gasteiger partial charge >= 0.3 is 0 Å². The number of amides is 1. The first-order valence-corrected chi connectivity index (χ1v) is 13.4. The molecule has 0 aliphatic rings. The number of sulfonamides is 1. The SMILES string of the molecule is Cc1ccc(S(=O)(=O)N(CC(=O)NCCCSCc2ccco2)c2ccc(C)c(C)c2)cc1. The number of carbonyl (C=O) groups excluding carboxylic acids is 1. The van der Waals surface area contributed by atoms with Gasteiger partial charge in [-0.1, -0.05) is 23.8 Å². The first kappa shape index (κ1) is 24.9. The monoisotopic (exact) mass is 486 g/mol. The molecule has 8 heteroatoms. The van der Waals surface area contributed by atoms with Crippen LogP contribution < -0.4 is 9.62 Å². The Morgan fingerprint density at radius 2 is 1.79 bits per heavy atom. The van der Waals surface area contributed by atoms with Crippen LogP contribution >= 0.6 is 11.8 Å². The summed E-state index contributed by atoms with van der Waals surface area (Å²) in [6, 6.07) is 15.9. The number of anilines is 1. The summed E-state index contributed by atoms with van der Waals surface area (Å²) < 4.78 is 33.4. The number of nitrogens with one attached hydrogen (secondary N) is 1. The van der Waals surface area contributed by atoms with Crippen molar-refractivity contribution < 1.29 is 17.6 Å². The van der Waals surface area contributed by atoms with E-state index in [-0.39, 0.29) is 17.3 Å². The Labute approximate surface area is 200 Å². The highest BCUT2D eigenvalue weighted by Crippen LogP contribution is 2.26. The Morgan fingerprint density at radius 3 is 2.45 bits per heavy atom. The smallest absolute Gasteiger partial charge is 0.264 e. The number of carbonyl (C=O) groups is 1. The van der Waals surface area contributed by atoms with Crippen molar-refractivity contribution in [3.05, 3.63) is 83.3 Å². The fraction of sp³-hybridized carbons (Fsp3) is 0.320. The second-order valence-corrected chi connectivity index (χ2v) is 10.9. The number of hydrogen-bond donors (Lipinski definition) is 1. The zero-order valence-electron chi connectivity index (χ0n) is 19.2. The van der Waals surface area contributed by atoms with E-state index in [1.165, 1.54) is 4.31 Å². The maximum Gasteiger partial charge on any atom is 0.264 e. The highest BCUT2D eigenvalue weighted by atomic mass is 32.2. The average molecular weight is 487 g/mol. The molecule has 0 fully saturated rings. The van der Waals surface area contributed by atoms with Gasteiger partial charge in [-0.15, -0.1) is 0 Å². The fourth-order valence-electron chi connectivity index (χ4n) is 3.19. The Morgan fingerprint density at radius 1 is 1.03 bits per heavy atom. The number of benzene rings is 2. The predicted octanol–water partition coefficient (Wildman–Crippen LogP) is 4.84. The molecule has 33 heavy (non-hydrogen) atoms. The minimum atomic E-state index is -3.90. The molecule has 3 aromatic rings. The molecular formula is C25H30N2O4S2. The molecule has 0 bridgehead atoms. The molecule has 1 heterocycles. The van der Waals surface area contributed by atoms with Crippen LogP contribution in [0, 0.1) is 20.8 Å². The molecule has 1 aromatic heterocycles. The summed E-state index contributed by atoms with van der Waals surface area (Å²) in [6.45, 7) is 6.00. The largest absolute Gasteiger partial charge is 0.468 e. The van der Waals surface area contributed by atoms with Gasteiger partial charge in [0.1, 0.15) is 12.3 Å². The second-order valence-electron chi connectivity index (χ2n) is 7.93. The third kappa shape index (κ3) is 6.88. The van der Waals surface area contributed by atoms with E-state index in [4.69, 9.17) is 4.42 Å². The molecule has 176 valence electrons. The van der Waals surface area contributed by atoms with Gasteiger partial charge in [0.15, 0.2) is 0 Å². The molecule has 0 saturated carbocycles. The Hall–Kier alpha value is -2.71. The van der Waals surface area contributed by atoms with Gasteiger partial charge in [-0.2, -0.15) is 11.8 Å². The van der Waals surface area contributed by atoms with Gasteiger partial charge in [-0.05, 0) is 80.5 Å². The number of rotatable bonds is 11. The molecule has 0 spiro atoms. The summed E-state index contributed by atoms with van der Waals surface area (Å²) in [5, 5.41) is 2.85. The zero-order chi connectivity index (χ0) is 23.8. The summed E-state index contributed by atoms with van der Waals surface area (Å²) in [4.78, 5) is 12.9. The third-order valence-corrected chi connectivity index (χ3v) is 8.14. The molecule has 2 aromatic carbocycles. The summed E-state index contributed by atoms with van der Waals surface area (Å²) in [7, 11) is -3.90. The molecule has 1 N–H and O–H groups in total. The van der Waals surface area contributed by atoms with Crippen LogP contribution in [0.2, 0.25) is 0 Å². The number of nitrogens with zero attached hydrogens (tertiary/aromatic N) is 1. The number of thioether (sulfide) groups is 1. The lowest BCUT2D eigenvalue weighted by Gasteiger charge is -2.25. The normalized spacial score (nSPS) is 11.4. The van der Waals surface area contributed by atoms with Crippen molar-refractivity contribution in [3.8, 4) is 0 Å². The van der Waals surface area contributed by atoms with Crippen molar-refractivity contribution in [3.63, 3.8) is 0 Å². The molecule has 1 amide bonds. The van der Waals surface area contributed by atoms with Crippen LogP contribution in [0.1, 0.15) is 28.9 Å². The molecular weight excluding hydrogens is 456 g/mol. The highest BCUT2D eigenvalue weighted by Gasteiger charge is 2.27. The van der Waals surface area contributed by atoms with E-state index >= 15 is 0 Å². The topological polar surface area (TPSA) is 79.6 Å². The van der Waals surface area contributed by atoms with Crippen LogP contribution in [0.15, 0.2) is 70.2 Å². The summed E-state index contributed by atoms with van der Waals surface area (Å²) in [6.07, 6.45) is 2.44. The predicted molar refractivity (Wildman–Crippen MR) is 134 cm³/mol. The van der Waals surface area contributed by atoms with Crippen molar-refractivity contribution in [2.75, 3.05) is 23.1 Å². The minimum absolute atomic E-state index is 0.161. The molecule has 0 saturated heterocycles. The maximum absolute atomic E-state index is 13.4. The van der Waals surface area contributed by atoms with Crippen LogP contribution in [-0.4, -0.2) is 33.2 Å². The van der Waals surface area contributed by atoms with Crippen molar-refractivity contribution in [2.24, 2.45) is 0 Å². The second kappa shape index (κ2) is 11.4. The molecule has 0 radical (unpaired) electrons. The zero-order valence-corrected chi connectivity index (χ0v) is 20.8. The number of hydrogen-bond acceptors (Lipinski definition) is 5. The molecule has 6 nitrogen and oxygen atoms in total. The van der Waals surface area contributed by atoms with Gasteiger partial charge in [0.2, 0.25) is 5.91 Å². The first-order chi connectivity index (χ1) is 15.8. The van der Waals surface area contributed by atoms with Crippen molar-refractivity contribution >= 4 is 33.4 Å². The van der Waals surface area contributed by atoms with Crippen LogP contribution in [0.25, 0.3) is 0 Å². The lowest BCUT2D eigenvalue weighted by Crippen LogP contribution is -2.41. The van der Waals surface area contributed by atoms with Gasteiger partial charge in [0, 0.05) is 6.54 Å². The van der Waals surface area contributed by atoms with Gasteiger partial charge in [0.05, 0.1) is 22.6 Å². The van der Waals surface area contributed by atoms with E-state index in [1.807, 2.05) is 39.0 Å². The molecule has 0 aliphatic heterocycles. The summed E-state index contributed by atoms with van der Waals surface area (Å²) in [5.74, 6) is 2.24. The van der Waals surface area contributed by atoms with E-state index in [9.17, 15) is 13.2 Å². The highest BCUT2D eigenvalue weighted by molar-refractivity contribution is 7.98. The van der Waals surface area contributed by atoms with Gasteiger partial charge < -0.3 is 9.73 Å². The van der Waals surface area contributed by atoms with Crippen LogP contribution in [0.3, 0.4) is 0 Å². The molecule has 0 atom stereocenters. The van der Waals surface area contributed by atoms with Gasteiger partial charge in [-0.25, -0.2) is 8.42 Å². The quantitative estimate of drug-likeness (QED) is 0.392. The summed E-state index contributed by atoms with van der Waals surface area (Å²) in [5.41, 5.74) is 3.46. The third-order valence-electron chi connectivity index (χ3n) is 5.29. The average Bonchev–Trinajstić information content (AvgIpc) is 3.30. The Bertz CT molecular complexity index is 1160. The summed E-state index contributed by atoms with van der Waals surface area (Å²) >= 11 is 1.73. The van der Waals surface area contributed by atoms with Gasteiger partial charge in [0.25, 0.3) is 10.0 Å². The van der Waals surface area contributed by atoms with Crippen LogP contribution in [0.4, 0.5) is 5.69 Å². The first-order valence-electron chi connectivity index (χ1n) is 10.8. The van der Waals surface area contributed by atoms with Crippen molar-refractivity contribution in [1.29, 1.82) is 0 Å². The number of aryl methyl sites for hydroxylation is 3. The Balaban J connectivity index is 1.65. The number of furan rings is 1. The Kier molecular flexibility index (Phi) is 8.63. The molecule has 0 aliphatic carbocycles. The van der Waals surface area contributed by atoms with E-state index in [1.54, 1.807) is 54.4 Å². The van der Waals surface area contributed by atoms with Gasteiger partial charge in [-0.3, -0.25) is 9.10 Å². The lowest BCUT2D eigenvalue weighted by atomic mass is 10.1. The minimum Gasteiger partial charge on any atom is -0.468 e. The molecule has 3 rings (SSSR count). The van der Waals surface area contributed by atoms with Crippen molar-refractivity contribution in [1.82, 2.24) is 5.32 Å². The van der Waals surface area contributed by atoms with E-state index in [0.29, 0.717) is 12.2 Å². The van der Waals surface area contributed by atoms with E-state index in [2.05, 4.69) is 5.32 Å². The standard InChI is InChI=1S/C25H30N2O4S2/c1-19-7-11-24(12-8-19)33(29,30)27(22-10-9-20(2)21(3)16-22)17-25(28)26-13-5-15-32-18-23-6-4-14-31-23/h4,6-12,14,16H,5,13,15,17-18H2,1-3H3,(H,26,28). The molecule has 0 unspecified atom stereocenters. The van der Waals surface area contributed by atoms with E-state index in [0.717, 1.165) is 40.4 Å². The maximum atomic E-state index is 13.4.